The molecule has 32 heavy (non-hydrogen) atoms. The molecule has 1 N–H and O–H groups in total. The summed E-state index contributed by atoms with van der Waals surface area (Å²) in [7, 11) is 0. The van der Waals surface area contributed by atoms with Crippen LogP contribution in [0.15, 0.2) is 54.6 Å². The molecule has 1 aliphatic heterocycles. The minimum atomic E-state index is 0.408. The number of rotatable bonds is 9. The van der Waals surface area contributed by atoms with Crippen LogP contribution in [0.4, 0.5) is 0 Å². The van der Waals surface area contributed by atoms with E-state index in [1.807, 2.05) is 0 Å². The summed E-state index contributed by atoms with van der Waals surface area (Å²) in [5.74, 6) is 1.78. The van der Waals surface area contributed by atoms with Gasteiger partial charge in [0.1, 0.15) is 5.75 Å². The Kier molecular flexibility index (Phi) is 7.10. The lowest BCUT2D eigenvalue weighted by atomic mass is 9.98. The maximum atomic E-state index is 6.34. The maximum absolute atomic E-state index is 6.34. The van der Waals surface area contributed by atoms with Crippen molar-refractivity contribution in [2.75, 3.05) is 19.7 Å². The van der Waals surface area contributed by atoms with Crippen LogP contribution in [0.2, 0.25) is 0 Å². The lowest BCUT2D eigenvalue weighted by Crippen LogP contribution is -2.17. The highest BCUT2D eigenvalue weighted by Crippen LogP contribution is 2.28. The number of nitrogens with zero attached hydrogens (tertiary/aromatic N) is 1. The van der Waals surface area contributed by atoms with Crippen LogP contribution in [0.1, 0.15) is 57.1 Å². The molecular weight excluding hydrogens is 396 g/mol. The molecule has 1 atom stereocenters. The Labute approximate surface area is 191 Å². The van der Waals surface area contributed by atoms with Gasteiger partial charge in [-0.2, -0.15) is 0 Å². The van der Waals surface area contributed by atoms with Gasteiger partial charge in [0, 0.05) is 16.8 Å². The summed E-state index contributed by atoms with van der Waals surface area (Å²) in [4.78, 5) is 0. The van der Waals surface area contributed by atoms with E-state index in [0.29, 0.717) is 12.7 Å². The summed E-state index contributed by atoms with van der Waals surface area (Å²) in [6.07, 6.45) is 10.4. The van der Waals surface area contributed by atoms with Crippen LogP contribution < -0.4 is 10.1 Å². The van der Waals surface area contributed by atoms with Crippen LogP contribution in [-0.2, 0) is 11.3 Å². The molecule has 2 aliphatic rings. The monoisotopic (exact) mass is 432 g/mol. The third-order valence-corrected chi connectivity index (χ3v) is 7.09. The van der Waals surface area contributed by atoms with Gasteiger partial charge in [-0.25, -0.2) is 0 Å². The van der Waals surface area contributed by atoms with Crippen molar-refractivity contribution >= 4 is 10.9 Å². The molecule has 1 saturated heterocycles. The maximum Gasteiger partial charge on any atom is 0.119 e. The Bertz CT molecular complexity index is 982. The third kappa shape index (κ3) is 5.19. The Hall–Kier alpha value is -2.30. The first kappa shape index (κ1) is 21.5. The SMILES string of the molecule is c1ccc2c(c1)cc(COC1CCCCC1)n2-c1ccc(OCCCC2CCNC2)cc1. The highest BCUT2D eigenvalue weighted by Gasteiger charge is 2.17. The van der Waals surface area contributed by atoms with Gasteiger partial charge in [-0.15, -0.1) is 0 Å². The molecule has 1 aliphatic carbocycles. The van der Waals surface area contributed by atoms with Gasteiger partial charge in [-0.1, -0.05) is 37.5 Å². The minimum Gasteiger partial charge on any atom is -0.494 e. The number of nitrogens with one attached hydrogen (secondary N) is 1. The predicted molar refractivity (Wildman–Crippen MR) is 131 cm³/mol. The molecule has 3 aromatic rings. The zero-order valence-electron chi connectivity index (χ0n) is 19.1. The van der Waals surface area contributed by atoms with Crippen LogP contribution in [0.25, 0.3) is 16.6 Å². The van der Waals surface area contributed by atoms with Crippen molar-refractivity contribution in [1.29, 1.82) is 0 Å². The fourth-order valence-corrected chi connectivity index (χ4v) is 5.27. The van der Waals surface area contributed by atoms with Gasteiger partial charge in [-0.3, -0.25) is 0 Å². The van der Waals surface area contributed by atoms with Crippen LogP contribution in [-0.4, -0.2) is 30.4 Å². The van der Waals surface area contributed by atoms with Crippen LogP contribution in [0, 0.1) is 5.92 Å². The lowest BCUT2D eigenvalue weighted by molar-refractivity contribution is 0.0148. The van der Waals surface area contributed by atoms with Crippen molar-refractivity contribution in [1.82, 2.24) is 9.88 Å². The number of hydrogen-bond acceptors (Lipinski definition) is 3. The summed E-state index contributed by atoms with van der Waals surface area (Å²) in [6.45, 7) is 3.80. The molecule has 0 bridgehead atoms. The van der Waals surface area contributed by atoms with Gasteiger partial charge < -0.3 is 19.4 Å². The molecule has 2 heterocycles. The quantitative estimate of drug-likeness (QED) is 0.406. The summed E-state index contributed by atoms with van der Waals surface area (Å²) in [6, 6.07) is 19.4. The summed E-state index contributed by atoms with van der Waals surface area (Å²) >= 11 is 0. The van der Waals surface area contributed by atoms with E-state index in [4.69, 9.17) is 9.47 Å². The largest absolute Gasteiger partial charge is 0.494 e. The average Bonchev–Trinajstić information content (AvgIpc) is 3.49. The Balaban J connectivity index is 1.26. The summed E-state index contributed by atoms with van der Waals surface area (Å²) in [5.41, 5.74) is 3.61. The number of ether oxygens (including phenoxy) is 2. The minimum absolute atomic E-state index is 0.408. The van der Waals surface area contributed by atoms with Crippen LogP contribution in [0.3, 0.4) is 0 Å². The second kappa shape index (κ2) is 10.5. The van der Waals surface area contributed by atoms with E-state index >= 15 is 0 Å². The van der Waals surface area contributed by atoms with Gasteiger partial charge in [0.05, 0.1) is 24.8 Å². The van der Waals surface area contributed by atoms with E-state index < -0.39 is 0 Å². The average molecular weight is 433 g/mol. The number of aromatic nitrogens is 1. The Morgan fingerprint density at radius 2 is 1.78 bits per heavy atom. The van der Waals surface area contributed by atoms with Gasteiger partial charge in [0.15, 0.2) is 0 Å². The number of benzene rings is 2. The van der Waals surface area contributed by atoms with E-state index in [1.165, 1.54) is 74.6 Å². The molecule has 1 unspecified atom stereocenters. The Morgan fingerprint density at radius 3 is 2.59 bits per heavy atom. The van der Waals surface area contributed by atoms with Crippen molar-refractivity contribution in [2.24, 2.45) is 5.92 Å². The molecule has 2 fully saturated rings. The molecule has 2 aromatic carbocycles. The standard InChI is InChI=1S/C28H36N2O2/c1-2-9-26(10-3-1)32-21-25-19-23-8-4-5-11-28(23)30(25)24-12-14-27(15-13-24)31-18-6-7-22-16-17-29-20-22/h4-5,8,11-15,19,22,26,29H,1-3,6-7,9-10,16-18,20-21H2. The lowest BCUT2D eigenvalue weighted by Gasteiger charge is -2.22. The van der Waals surface area contributed by atoms with Gasteiger partial charge in [0.2, 0.25) is 0 Å². The van der Waals surface area contributed by atoms with E-state index in [2.05, 4.69) is 64.5 Å². The van der Waals surface area contributed by atoms with Crippen molar-refractivity contribution in [2.45, 2.75) is 64.1 Å². The van der Waals surface area contributed by atoms with Gasteiger partial charge in [-0.05, 0) is 87.5 Å². The first-order valence-electron chi connectivity index (χ1n) is 12.5. The zero-order chi connectivity index (χ0) is 21.6. The number of hydrogen-bond donors (Lipinski definition) is 1. The topological polar surface area (TPSA) is 35.4 Å². The fourth-order valence-electron chi connectivity index (χ4n) is 5.27. The summed E-state index contributed by atoms with van der Waals surface area (Å²) < 4.78 is 14.7. The molecule has 5 rings (SSSR count). The molecule has 1 aromatic heterocycles. The number of para-hydroxylation sites is 1. The van der Waals surface area contributed by atoms with Crippen molar-refractivity contribution in [3.63, 3.8) is 0 Å². The zero-order valence-corrected chi connectivity index (χ0v) is 19.1. The van der Waals surface area contributed by atoms with E-state index in [-0.39, 0.29) is 0 Å². The van der Waals surface area contributed by atoms with Gasteiger partial charge >= 0.3 is 0 Å². The van der Waals surface area contributed by atoms with E-state index in [1.54, 1.807) is 0 Å². The molecule has 4 nitrogen and oxygen atoms in total. The highest BCUT2D eigenvalue weighted by atomic mass is 16.5. The van der Waals surface area contributed by atoms with Crippen LogP contribution in [0.5, 0.6) is 5.75 Å². The fraction of sp³-hybridized carbons (Fsp3) is 0.500. The molecule has 0 amide bonds. The second-order valence-electron chi connectivity index (χ2n) is 9.44. The summed E-state index contributed by atoms with van der Waals surface area (Å²) in [5, 5.41) is 4.70. The predicted octanol–water partition coefficient (Wildman–Crippen LogP) is 6.25. The Morgan fingerprint density at radius 1 is 0.938 bits per heavy atom. The second-order valence-corrected chi connectivity index (χ2v) is 9.44. The molecule has 0 spiro atoms. The first-order chi connectivity index (χ1) is 15.9. The molecule has 170 valence electrons. The first-order valence-corrected chi connectivity index (χ1v) is 12.5. The van der Waals surface area contributed by atoms with Crippen molar-refractivity contribution < 1.29 is 9.47 Å². The van der Waals surface area contributed by atoms with Crippen molar-refractivity contribution in [3.8, 4) is 11.4 Å². The molecule has 4 heteroatoms. The normalized spacial score (nSPS) is 19.6. The van der Waals surface area contributed by atoms with Crippen molar-refractivity contribution in [3.05, 3.63) is 60.3 Å². The van der Waals surface area contributed by atoms with Gasteiger partial charge in [0.25, 0.3) is 0 Å². The highest BCUT2D eigenvalue weighted by molar-refractivity contribution is 5.83. The van der Waals surface area contributed by atoms with Crippen LogP contribution >= 0.6 is 0 Å². The third-order valence-electron chi connectivity index (χ3n) is 7.09. The molecule has 1 saturated carbocycles. The molecule has 0 radical (unpaired) electrons. The molecular formula is C28H36N2O2. The van der Waals surface area contributed by atoms with E-state index in [0.717, 1.165) is 30.4 Å². The van der Waals surface area contributed by atoms with E-state index in [9.17, 15) is 0 Å². The smallest absolute Gasteiger partial charge is 0.119 e. The number of fused-ring (bicyclic) bond motifs is 1.